The van der Waals surface area contributed by atoms with Gasteiger partial charge in [0.25, 0.3) is 10.2 Å². The topological polar surface area (TPSA) is 66.6 Å². The number of nitrogens with two attached hydrogens (primary N) is 1. The average Bonchev–Trinajstić information content (AvgIpc) is 2.36. The van der Waals surface area contributed by atoms with Crippen molar-refractivity contribution in [3.8, 4) is 0 Å². The Bertz CT molecular complexity index is 400. The SMILES string of the molecule is CCCN(CC(F)(F)F)S(=O)(=O)N1CCCCC1CN. The van der Waals surface area contributed by atoms with Crippen LogP contribution in [0.4, 0.5) is 13.2 Å². The third-order valence-corrected chi connectivity index (χ3v) is 5.33. The van der Waals surface area contributed by atoms with Gasteiger partial charge in [0.1, 0.15) is 6.54 Å². The van der Waals surface area contributed by atoms with Gasteiger partial charge in [0, 0.05) is 25.7 Å². The zero-order valence-corrected chi connectivity index (χ0v) is 12.4. The molecule has 9 heteroatoms. The summed E-state index contributed by atoms with van der Waals surface area (Å²) >= 11 is 0. The van der Waals surface area contributed by atoms with Gasteiger partial charge in [-0.25, -0.2) is 0 Å². The van der Waals surface area contributed by atoms with E-state index < -0.39 is 29.0 Å². The summed E-state index contributed by atoms with van der Waals surface area (Å²) in [6.45, 7) is 0.426. The molecule has 1 atom stereocenters. The summed E-state index contributed by atoms with van der Waals surface area (Å²) in [5.41, 5.74) is 5.54. The minimum absolute atomic E-state index is 0.130. The Hall–Kier alpha value is -0.380. The fourth-order valence-electron chi connectivity index (χ4n) is 2.39. The molecule has 1 unspecified atom stereocenters. The van der Waals surface area contributed by atoms with Crippen molar-refractivity contribution in [1.82, 2.24) is 8.61 Å². The molecule has 0 saturated carbocycles. The molecule has 0 radical (unpaired) electrons. The van der Waals surface area contributed by atoms with Crippen molar-refractivity contribution in [1.29, 1.82) is 0 Å². The first kappa shape index (κ1) is 17.7. The second kappa shape index (κ2) is 7.06. The highest BCUT2D eigenvalue weighted by atomic mass is 32.2. The van der Waals surface area contributed by atoms with Crippen molar-refractivity contribution < 1.29 is 21.6 Å². The summed E-state index contributed by atoms with van der Waals surface area (Å²) in [7, 11) is -4.11. The molecule has 0 aromatic carbocycles. The lowest BCUT2D eigenvalue weighted by atomic mass is 10.1. The smallest absolute Gasteiger partial charge is 0.329 e. The van der Waals surface area contributed by atoms with E-state index in [0.717, 1.165) is 10.7 Å². The van der Waals surface area contributed by atoms with Crippen LogP contribution in [0.2, 0.25) is 0 Å². The quantitative estimate of drug-likeness (QED) is 0.803. The molecule has 0 aromatic heterocycles. The number of alkyl halides is 3. The molecule has 0 aliphatic carbocycles. The van der Waals surface area contributed by atoms with Gasteiger partial charge in [-0.15, -0.1) is 0 Å². The van der Waals surface area contributed by atoms with E-state index in [0.29, 0.717) is 23.6 Å². The van der Waals surface area contributed by atoms with E-state index in [9.17, 15) is 21.6 Å². The van der Waals surface area contributed by atoms with Crippen molar-refractivity contribution in [3.05, 3.63) is 0 Å². The second-order valence-electron chi connectivity index (χ2n) is 4.95. The second-order valence-corrected chi connectivity index (χ2v) is 6.83. The molecule has 2 N–H and O–H groups in total. The lowest BCUT2D eigenvalue weighted by Gasteiger charge is -2.37. The first-order valence-corrected chi connectivity index (χ1v) is 8.15. The highest BCUT2D eigenvalue weighted by Gasteiger charge is 2.41. The molecule has 20 heavy (non-hydrogen) atoms. The Morgan fingerprint density at radius 2 is 2.00 bits per heavy atom. The standard InChI is InChI=1S/C11H22F3N3O2S/c1-2-6-16(9-11(12,13)14)20(18,19)17-7-4-3-5-10(17)8-15/h10H,2-9,15H2,1H3. The van der Waals surface area contributed by atoms with Crippen LogP contribution in [0.1, 0.15) is 32.6 Å². The number of hydrogen-bond acceptors (Lipinski definition) is 3. The summed E-state index contributed by atoms with van der Waals surface area (Å²) in [5.74, 6) is 0. The summed E-state index contributed by atoms with van der Waals surface area (Å²) < 4.78 is 64.2. The van der Waals surface area contributed by atoms with Crippen LogP contribution in [0.3, 0.4) is 0 Å². The maximum Gasteiger partial charge on any atom is 0.402 e. The van der Waals surface area contributed by atoms with E-state index in [-0.39, 0.29) is 19.6 Å². The van der Waals surface area contributed by atoms with Gasteiger partial charge in [-0.1, -0.05) is 13.3 Å². The third kappa shape index (κ3) is 4.57. The maximum atomic E-state index is 12.6. The third-order valence-electron chi connectivity index (χ3n) is 3.30. The average molecular weight is 317 g/mol. The van der Waals surface area contributed by atoms with Crippen LogP contribution < -0.4 is 5.73 Å². The Morgan fingerprint density at radius 1 is 1.35 bits per heavy atom. The van der Waals surface area contributed by atoms with Crippen molar-refractivity contribution in [2.45, 2.75) is 44.8 Å². The first-order valence-electron chi connectivity index (χ1n) is 6.76. The first-order chi connectivity index (χ1) is 9.22. The van der Waals surface area contributed by atoms with Crippen molar-refractivity contribution in [3.63, 3.8) is 0 Å². The van der Waals surface area contributed by atoms with Crippen LogP contribution >= 0.6 is 0 Å². The van der Waals surface area contributed by atoms with Gasteiger partial charge in [-0.2, -0.15) is 30.2 Å². The highest BCUT2D eigenvalue weighted by molar-refractivity contribution is 7.86. The molecule has 1 saturated heterocycles. The van der Waals surface area contributed by atoms with Crippen LogP contribution in [0, 0.1) is 0 Å². The maximum absolute atomic E-state index is 12.6. The fraction of sp³-hybridized carbons (Fsp3) is 1.00. The largest absolute Gasteiger partial charge is 0.402 e. The molecule has 1 heterocycles. The molecular formula is C11H22F3N3O2S. The lowest BCUT2D eigenvalue weighted by Crippen LogP contribution is -2.54. The summed E-state index contributed by atoms with van der Waals surface area (Å²) in [4.78, 5) is 0. The molecular weight excluding hydrogens is 295 g/mol. The van der Waals surface area contributed by atoms with E-state index >= 15 is 0 Å². The van der Waals surface area contributed by atoms with Gasteiger partial charge in [-0.3, -0.25) is 0 Å². The molecule has 1 aliphatic rings. The van der Waals surface area contributed by atoms with Gasteiger partial charge in [0.2, 0.25) is 0 Å². The molecule has 0 amide bonds. The Kier molecular flexibility index (Phi) is 6.24. The zero-order chi connectivity index (χ0) is 15.4. The van der Waals surface area contributed by atoms with Gasteiger partial charge in [0.15, 0.2) is 0 Å². The minimum atomic E-state index is -4.55. The van der Waals surface area contributed by atoms with E-state index in [2.05, 4.69) is 0 Å². The van der Waals surface area contributed by atoms with Crippen molar-refractivity contribution >= 4 is 10.2 Å². The van der Waals surface area contributed by atoms with Crippen LogP contribution in [-0.4, -0.2) is 55.4 Å². The van der Waals surface area contributed by atoms with Gasteiger partial charge in [0.05, 0.1) is 0 Å². The number of rotatable bonds is 6. The van der Waals surface area contributed by atoms with Crippen LogP contribution in [-0.2, 0) is 10.2 Å². The Morgan fingerprint density at radius 3 is 2.50 bits per heavy atom. The van der Waals surface area contributed by atoms with E-state index in [1.54, 1.807) is 6.92 Å². The number of halogens is 3. The predicted octanol–water partition coefficient (Wildman–Crippen LogP) is 1.32. The molecule has 1 fully saturated rings. The highest BCUT2D eigenvalue weighted by Crippen LogP contribution is 2.25. The molecule has 0 bridgehead atoms. The van der Waals surface area contributed by atoms with Crippen LogP contribution in [0.5, 0.6) is 0 Å². The molecule has 120 valence electrons. The minimum Gasteiger partial charge on any atom is -0.329 e. The zero-order valence-electron chi connectivity index (χ0n) is 11.6. The summed E-state index contributed by atoms with van der Waals surface area (Å²) in [6.07, 6.45) is -2.11. The number of hydrogen-bond donors (Lipinski definition) is 1. The van der Waals surface area contributed by atoms with E-state index in [1.165, 1.54) is 0 Å². The van der Waals surface area contributed by atoms with E-state index in [1.807, 2.05) is 0 Å². The summed E-state index contributed by atoms with van der Waals surface area (Å²) in [5, 5.41) is 0. The molecule has 1 rings (SSSR count). The lowest BCUT2D eigenvalue weighted by molar-refractivity contribution is -0.136. The monoisotopic (exact) mass is 317 g/mol. The Balaban J connectivity index is 2.96. The molecule has 5 nitrogen and oxygen atoms in total. The normalized spacial score (nSPS) is 22.4. The molecule has 1 aliphatic heterocycles. The van der Waals surface area contributed by atoms with Crippen molar-refractivity contribution in [2.75, 3.05) is 26.2 Å². The van der Waals surface area contributed by atoms with Gasteiger partial charge < -0.3 is 5.73 Å². The fourth-order valence-corrected chi connectivity index (χ4v) is 4.33. The van der Waals surface area contributed by atoms with Crippen molar-refractivity contribution in [2.24, 2.45) is 5.73 Å². The summed E-state index contributed by atoms with van der Waals surface area (Å²) in [6, 6.07) is -0.402. The van der Waals surface area contributed by atoms with Gasteiger partial charge in [-0.05, 0) is 19.3 Å². The molecule has 0 spiro atoms. The van der Waals surface area contributed by atoms with Crippen LogP contribution in [0.15, 0.2) is 0 Å². The number of piperidine rings is 1. The van der Waals surface area contributed by atoms with Crippen LogP contribution in [0.25, 0.3) is 0 Å². The number of nitrogens with zero attached hydrogens (tertiary/aromatic N) is 2. The molecule has 0 aromatic rings. The Labute approximate surface area is 118 Å². The predicted molar refractivity (Wildman–Crippen MR) is 70.2 cm³/mol. The van der Waals surface area contributed by atoms with Gasteiger partial charge >= 0.3 is 6.18 Å². The van der Waals surface area contributed by atoms with E-state index in [4.69, 9.17) is 5.73 Å².